The average Bonchev–Trinajstić information content (AvgIpc) is 3.24. The lowest BCUT2D eigenvalue weighted by molar-refractivity contribution is 1.10. The maximum absolute atomic E-state index is 4.83. The third-order valence-electron chi connectivity index (χ3n) is 4.56. The van der Waals surface area contributed by atoms with E-state index in [0.717, 1.165) is 39.1 Å². The summed E-state index contributed by atoms with van der Waals surface area (Å²) in [7, 11) is 0. The van der Waals surface area contributed by atoms with Crippen LogP contribution in [-0.4, -0.2) is 20.2 Å². The zero-order chi connectivity index (χ0) is 18.1. The summed E-state index contributed by atoms with van der Waals surface area (Å²) in [4.78, 5) is 9.58. The predicted octanol–water partition coefficient (Wildman–Crippen LogP) is 5.35. The molecule has 0 fully saturated rings. The van der Waals surface area contributed by atoms with Gasteiger partial charge in [0.15, 0.2) is 11.6 Å². The summed E-state index contributed by atoms with van der Waals surface area (Å²) >= 11 is 0. The van der Waals surface area contributed by atoms with E-state index in [1.165, 1.54) is 0 Å². The standard InChI is InChI=1S/C23H16N4/c1-3-9-16(10-4-1)21-15-19(18-13-7-8-14-20(18)24-21)23-25-22(26-27-23)17-11-5-2-6-12-17/h1-15H,(H,25,26,27). The number of hydrogen-bond acceptors (Lipinski definition) is 3. The second-order valence-corrected chi connectivity index (χ2v) is 6.31. The number of aromatic amines is 1. The minimum atomic E-state index is 0.688. The zero-order valence-corrected chi connectivity index (χ0v) is 14.5. The number of aromatic nitrogens is 4. The second-order valence-electron chi connectivity index (χ2n) is 6.31. The molecule has 0 atom stereocenters. The molecule has 5 aromatic rings. The van der Waals surface area contributed by atoms with E-state index in [0.29, 0.717) is 5.82 Å². The second kappa shape index (κ2) is 6.50. The number of nitrogens with zero attached hydrogens (tertiary/aromatic N) is 3. The Morgan fingerprint density at radius 2 is 1.30 bits per heavy atom. The molecule has 2 heterocycles. The SMILES string of the molecule is c1ccc(-c2cc(-c3nc(-c4ccccc4)n[nH]3)c3ccccc3n2)cc1. The summed E-state index contributed by atoms with van der Waals surface area (Å²) in [6.45, 7) is 0. The van der Waals surface area contributed by atoms with Crippen LogP contribution in [0.15, 0.2) is 91.0 Å². The van der Waals surface area contributed by atoms with Crippen LogP contribution in [-0.2, 0) is 0 Å². The summed E-state index contributed by atoms with van der Waals surface area (Å²) in [5, 5.41) is 8.57. The Morgan fingerprint density at radius 3 is 2.07 bits per heavy atom. The summed E-state index contributed by atoms with van der Waals surface area (Å²) in [5.41, 5.74) is 4.91. The van der Waals surface area contributed by atoms with Crippen LogP contribution in [0.1, 0.15) is 0 Å². The van der Waals surface area contributed by atoms with Crippen LogP contribution in [0.2, 0.25) is 0 Å². The molecule has 0 aliphatic carbocycles. The van der Waals surface area contributed by atoms with Crippen molar-refractivity contribution in [2.75, 3.05) is 0 Å². The largest absolute Gasteiger partial charge is 0.259 e. The molecule has 0 radical (unpaired) electrons. The molecule has 4 nitrogen and oxygen atoms in total. The number of H-pyrrole nitrogens is 1. The molecule has 2 aromatic heterocycles. The van der Waals surface area contributed by atoms with E-state index in [1.54, 1.807) is 0 Å². The molecular weight excluding hydrogens is 332 g/mol. The molecule has 0 bridgehead atoms. The Bertz CT molecular complexity index is 1210. The van der Waals surface area contributed by atoms with E-state index >= 15 is 0 Å². The Labute approximate surface area is 156 Å². The highest BCUT2D eigenvalue weighted by molar-refractivity contribution is 5.95. The molecule has 27 heavy (non-hydrogen) atoms. The zero-order valence-electron chi connectivity index (χ0n) is 14.5. The molecule has 0 amide bonds. The van der Waals surface area contributed by atoms with E-state index in [9.17, 15) is 0 Å². The minimum Gasteiger partial charge on any atom is -0.259 e. The molecular formula is C23H16N4. The number of nitrogens with one attached hydrogen (secondary N) is 1. The Hall–Kier alpha value is -3.79. The van der Waals surface area contributed by atoms with Crippen molar-refractivity contribution in [2.24, 2.45) is 0 Å². The minimum absolute atomic E-state index is 0.688. The highest BCUT2D eigenvalue weighted by atomic mass is 15.2. The summed E-state index contributed by atoms with van der Waals surface area (Å²) in [6, 6.07) is 30.3. The van der Waals surface area contributed by atoms with Crippen LogP contribution in [0.5, 0.6) is 0 Å². The Morgan fingerprint density at radius 1 is 0.630 bits per heavy atom. The Kier molecular flexibility index (Phi) is 3.72. The maximum Gasteiger partial charge on any atom is 0.181 e. The van der Waals surface area contributed by atoms with Crippen LogP contribution in [0.4, 0.5) is 0 Å². The van der Waals surface area contributed by atoms with Gasteiger partial charge in [0.05, 0.1) is 11.2 Å². The number of rotatable bonds is 3. The van der Waals surface area contributed by atoms with Crippen molar-refractivity contribution in [3.05, 3.63) is 91.0 Å². The third kappa shape index (κ3) is 2.87. The number of hydrogen-bond donors (Lipinski definition) is 1. The summed E-state index contributed by atoms with van der Waals surface area (Å²) in [5.74, 6) is 1.43. The fourth-order valence-corrected chi connectivity index (χ4v) is 3.23. The van der Waals surface area contributed by atoms with Gasteiger partial charge in [-0.15, -0.1) is 0 Å². The predicted molar refractivity (Wildman–Crippen MR) is 108 cm³/mol. The number of pyridine rings is 1. The molecule has 5 rings (SSSR count). The van der Waals surface area contributed by atoms with Gasteiger partial charge >= 0.3 is 0 Å². The van der Waals surface area contributed by atoms with E-state index < -0.39 is 0 Å². The first-order chi connectivity index (χ1) is 13.4. The van der Waals surface area contributed by atoms with Gasteiger partial charge in [0.25, 0.3) is 0 Å². The van der Waals surface area contributed by atoms with Crippen LogP contribution >= 0.6 is 0 Å². The van der Waals surface area contributed by atoms with Crippen molar-refractivity contribution in [3.8, 4) is 34.0 Å². The normalized spacial score (nSPS) is 11.0. The van der Waals surface area contributed by atoms with Crippen molar-refractivity contribution >= 4 is 10.9 Å². The molecule has 128 valence electrons. The highest BCUT2D eigenvalue weighted by Gasteiger charge is 2.13. The van der Waals surface area contributed by atoms with Crippen LogP contribution in [0.3, 0.4) is 0 Å². The fourth-order valence-electron chi connectivity index (χ4n) is 3.23. The average molecular weight is 348 g/mol. The fraction of sp³-hybridized carbons (Fsp3) is 0. The molecule has 0 saturated carbocycles. The van der Waals surface area contributed by atoms with Gasteiger partial charge in [-0.3, -0.25) is 5.10 Å². The van der Waals surface area contributed by atoms with E-state index in [1.807, 2.05) is 66.7 Å². The van der Waals surface area contributed by atoms with Crippen molar-refractivity contribution in [1.29, 1.82) is 0 Å². The first-order valence-corrected chi connectivity index (χ1v) is 8.82. The van der Waals surface area contributed by atoms with Crippen molar-refractivity contribution in [3.63, 3.8) is 0 Å². The van der Waals surface area contributed by atoms with Gasteiger partial charge < -0.3 is 0 Å². The lowest BCUT2D eigenvalue weighted by atomic mass is 10.0. The molecule has 0 aliphatic rings. The summed E-state index contributed by atoms with van der Waals surface area (Å²) < 4.78 is 0. The van der Waals surface area contributed by atoms with Gasteiger partial charge in [0.1, 0.15) is 0 Å². The van der Waals surface area contributed by atoms with Crippen molar-refractivity contribution in [2.45, 2.75) is 0 Å². The number of fused-ring (bicyclic) bond motifs is 1. The first kappa shape index (κ1) is 15.5. The number of para-hydroxylation sites is 1. The van der Waals surface area contributed by atoms with E-state index in [4.69, 9.17) is 9.97 Å². The van der Waals surface area contributed by atoms with Gasteiger partial charge in [-0.1, -0.05) is 78.9 Å². The van der Waals surface area contributed by atoms with Crippen LogP contribution in [0.25, 0.3) is 44.9 Å². The molecule has 4 heteroatoms. The van der Waals surface area contributed by atoms with Crippen molar-refractivity contribution < 1.29 is 0 Å². The van der Waals surface area contributed by atoms with Gasteiger partial charge in [-0.05, 0) is 12.1 Å². The van der Waals surface area contributed by atoms with Crippen molar-refractivity contribution in [1.82, 2.24) is 20.2 Å². The van der Waals surface area contributed by atoms with E-state index in [-0.39, 0.29) is 0 Å². The van der Waals surface area contributed by atoms with E-state index in [2.05, 4.69) is 34.5 Å². The van der Waals surface area contributed by atoms with Crippen LogP contribution in [0, 0.1) is 0 Å². The topological polar surface area (TPSA) is 54.5 Å². The molecule has 0 saturated heterocycles. The quantitative estimate of drug-likeness (QED) is 0.478. The Balaban J connectivity index is 1.70. The van der Waals surface area contributed by atoms with Gasteiger partial charge in [0.2, 0.25) is 0 Å². The lowest BCUT2D eigenvalue weighted by Gasteiger charge is -2.08. The molecule has 0 unspecified atom stereocenters. The maximum atomic E-state index is 4.83. The third-order valence-corrected chi connectivity index (χ3v) is 4.56. The van der Waals surface area contributed by atoms with Crippen LogP contribution < -0.4 is 0 Å². The first-order valence-electron chi connectivity index (χ1n) is 8.82. The highest BCUT2D eigenvalue weighted by Crippen LogP contribution is 2.31. The lowest BCUT2D eigenvalue weighted by Crippen LogP contribution is -1.91. The summed E-state index contributed by atoms with van der Waals surface area (Å²) in [6.07, 6.45) is 0. The molecule has 0 aliphatic heterocycles. The smallest absolute Gasteiger partial charge is 0.181 e. The van der Waals surface area contributed by atoms with Gasteiger partial charge in [0, 0.05) is 22.1 Å². The molecule has 1 N–H and O–H groups in total. The number of benzene rings is 3. The van der Waals surface area contributed by atoms with Gasteiger partial charge in [-0.25, -0.2) is 9.97 Å². The molecule has 3 aromatic carbocycles. The van der Waals surface area contributed by atoms with Gasteiger partial charge in [-0.2, -0.15) is 5.10 Å². The monoisotopic (exact) mass is 348 g/mol. The molecule has 0 spiro atoms.